The maximum atomic E-state index is 11.9. The first kappa shape index (κ1) is 10.2. The standard InChI is InChI=1S/C13H14N2O2/c1-7-5-10-8(6-11(7)17-2)12-9(15-10)3-4-14-13(12)16/h5-6,15H,3-4H2,1-2H3,(H,14,16). The van der Waals surface area contributed by atoms with Gasteiger partial charge in [0.05, 0.1) is 12.7 Å². The summed E-state index contributed by atoms with van der Waals surface area (Å²) >= 11 is 0. The lowest BCUT2D eigenvalue weighted by atomic mass is 10.0. The topological polar surface area (TPSA) is 54.1 Å². The highest BCUT2D eigenvalue weighted by molar-refractivity contribution is 6.09. The number of ether oxygens (including phenoxy) is 1. The van der Waals surface area contributed by atoms with Gasteiger partial charge in [-0.25, -0.2) is 0 Å². The average molecular weight is 230 g/mol. The summed E-state index contributed by atoms with van der Waals surface area (Å²) in [6.45, 7) is 2.70. The number of aromatic amines is 1. The number of hydrogen-bond acceptors (Lipinski definition) is 2. The third-order valence-corrected chi connectivity index (χ3v) is 3.28. The summed E-state index contributed by atoms with van der Waals surface area (Å²) in [6, 6.07) is 3.96. The minimum atomic E-state index is 0.00315. The molecule has 1 aromatic carbocycles. The van der Waals surface area contributed by atoms with Crippen LogP contribution in [0.3, 0.4) is 0 Å². The number of nitrogens with one attached hydrogen (secondary N) is 2. The van der Waals surface area contributed by atoms with Gasteiger partial charge >= 0.3 is 0 Å². The number of methoxy groups -OCH3 is 1. The number of aromatic nitrogens is 1. The van der Waals surface area contributed by atoms with Crippen molar-refractivity contribution >= 4 is 16.8 Å². The van der Waals surface area contributed by atoms with Crippen LogP contribution in [-0.2, 0) is 6.42 Å². The van der Waals surface area contributed by atoms with Gasteiger partial charge in [-0.3, -0.25) is 4.79 Å². The first-order valence-corrected chi connectivity index (χ1v) is 5.68. The molecule has 88 valence electrons. The molecule has 1 aliphatic heterocycles. The van der Waals surface area contributed by atoms with E-state index in [-0.39, 0.29) is 5.91 Å². The Labute approximate surface area is 99.0 Å². The molecule has 0 unspecified atom stereocenters. The van der Waals surface area contributed by atoms with Crippen LogP contribution in [-0.4, -0.2) is 24.5 Å². The molecule has 0 bridgehead atoms. The summed E-state index contributed by atoms with van der Waals surface area (Å²) in [5.41, 5.74) is 3.87. The minimum absolute atomic E-state index is 0.00315. The maximum Gasteiger partial charge on any atom is 0.253 e. The number of carbonyl (C=O) groups excluding carboxylic acids is 1. The molecule has 4 heteroatoms. The van der Waals surface area contributed by atoms with Crippen LogP contribution in [0.1, 0.15) is 21.6 Å². The van der Waals surface area contributed by atoms with Gasteiger partial charge < -0.3 is 15.0 Å². The van der Waals surface area contributed by atoms with Gasteiger partial charge in [0.2, 0.25) is 0 Å². The third kappa shape index (κ3) is 1.40. The third-order valence-electron chi connectivity index (χ3n) is 3.28. The van der Waals surface area contributed by atoms with E-state index in [2.05, 4.69) is 10.3 Å². The van der Waals surface area contributed by atoms with E-state index < -0.39 is 0 Å². The summed E-state index contributed by atoms with van der Waals surface area (Å²) in [5.74, 6) is 0.820. The molecule has 0 saturated heterocycles. The molecule has 0 fully saturated rings. The Morgan fingerprint density at radius 3 is 2.94 bits per heavy atom. The second-order valence-electron chi connectivity index (χ2n) is 4.35. The fourth-order valence-electron chi connectivity index (χ4n) is 2.44. The zero-order chi connectivity index (χ0) is 12.0. The van der Waals surface area contributed by atoms with E-state index in [1.807, 2.05) is 19.1 Å². The van der Waals surface area contributed by atoms with Crippen molar-refractivity contribution in [3.8, 4) is 5.75 Å². The second kappa shape index (κ2) is 3.52. The van der Waals surface area contributed by atoms with Gasteiger partial charge in [0, 0.05) is 29.6 Å². The lowest BCUT2D eigenvalue weighted by Crippen LogP contribution is -2.31. The molecule has 0 atom stereocenters. The molecule has 2 N–H and O–H groups in total. The number of rotatable bonds is 1. The van der Waals surface area contributed by atoms with Gasteiger partial charge in [0.1, 0.15) is 5.75 Å². The monoisotopic (exact) mass is 230 g/mol. The molecule has 2 heterocycles. The molecule has 1 amide bonds. The normalized spacial score (nSPS) is 14.6. The quantitative estimate of drug-likeness (QED) is 0.784. The first-order valence-electron chi connectivity index (χ1n) is 5.68. The van der Waals surface area contributed by atoms with Crippen molar-refractivity contribution in [1.82, 2.24) is 10.3 Å². The van der Waals surface area contributed by atoms with Crippen LogP contribution < -0.4 is 10.1 Å². The number of aryl methyl sites for hydroxylation is 1. The van der Waals surface area contributed by atoms with E-state index in [1.54, 1.807) is 7.11 Å². The Bertz CT molecular complexity index is 613. The Morgan fingerprint density at radius 1 is 1.35 bits per heavy atom. The molecule has 17 heavy (non-hydrogen) atoms. The first-order chi connectivity index (χ1) is 8.20. The Balaban J connectivity index is 2.33. The van der Waals surface area contributed by atoms with E-state index in [1.165, 1.54) is 0 Å². The molecule has 3 rings (SSSR count). The van der Waals surface area contributed by atoms with E-state index in [0.717, 1.165) is 39.9 Å². The fraction of sp³-hybridized carbons (Fsp3) is 0.308. The molecule has 4 nitrogen and oxygen atoms in total. The molecule has 2 aromatic rings. The predicted molar refractivity (Wildman–Crippen MR) is 65.6 cm³/mol. The van der Waals surface area contributed by atoms with Crippen LogP contribution in [0, 0.1) is 6.92 Å². The molecule has 0 radical (unpaired) electrons. The van der Waals surface area contributed by atoms with Crippen molar-refractivity contribution in [3.05, 3.63) is 29.0 Å². The Kier molecular flexibility index (Phi) is 2.11. The van der Waals surface area contributed by atoms with E-state index in [9.17, 15) is 4.79 Å². The molecule has 1 aliphatic rings. The zero-order valence-corrected chi connectivity index (χ0v) is 9.89. The van der Waals surface area contributed by atoms with Crippen LogP contribution in [0.5, 0.6) is 5.75 Å². The minimum Gasteiger partial charge on any atom is -0.496 e. The highest BCUT2D eigenvalue weighted by atomic mass is 16.5. The van der Waals surface area contributed by atoms with E-state index in [0.29, 0.717) is 6.54 Å². The van der Waals surface area contributed by atoms with Gasteiger partial charge in [0.15, 0.2) is 0 Å². The maximum absolute atomic E-state index is 11.9. The van der Waals surface area contributed by atoms with Gasteiger partial charge in [-0.2, -0.15) is 0 Å². The smallest absolute Gasteiger partial charge is 0.253 e. The van der Waals surface area contributed by atoms with Gasteiger partial charge in [-0.15, -0.1) is 0 Å². The van der Waals surface area contributed by atoms with Crippen molar-refractivity contribution in [2.45, 2.75) is 13.3 Å². The summed E-state index contributed by atoms with van der Waals surface area (Å²) in [6.07, 6.45) is 0.858. The van der Waals surface area contributed by atoms with Gasteiger partial charge in [0.25, 0.3) is 5.91 Å². The van der Waals surface area contributed by atoms with Gasteiger partial charge in [-0.05, 0) is 24.6 Å². The number of amides is 1. The summed E-state index contributed by atoms with van der Waals surface area (Å²) < 4.78 is 5.30. The number of hydrogen-bond donors (Lipinski definition) is 2. The van der Waals surface area contributed by atoms with Crippen molar-refractivity contribution in [2.24, 2.45) is 0 Å². The number of H-pyrrole nitrogens is 1. The Hall–Kier alpha value is -1.97. The average Bonchev–Trinajstić information content (AvgIpc) is 2.66. The lowest BCUT2D eigenvalue weighted by molar-refractivity contribution is 0.0947. The number of carbonyl (C=O) groups is 1. The number of fused-ring (bicyclic) bond motifs is 3. The Morgan fingerprint density at radius 2 is 2.18 bits per heavy atom. The SMILES string of the molecule is COc1cc2c3c([nH]c2cc1C)CCNC3=O. The largest absolute Gasteiger partial charge is 0.496 e. The molecule has 0 aliphatic carbocycles. The van der Waals surface area contributed by atoms with Crippen LogP contribution in [0.25, 0.3) is 10.9 Å². The fourth-order valence-corrected chi connectivity index (χ4v) is 2.44. The van der Waals surface area contributed by atoms with Crippen molar-refractivity contribution in [3.63, 3.8) is 0 Å². The highest BCUT2D eigenvalue weighted by Crippen LogP contribution is 2.30. The van der Waals surface area contributed by atoms with Crippen molar-refractivity contribution in [2.75, 3.05) is 13.7 Å². The lowest BCUT2D eigenvalue weighted by Gasteiger charge is -2.12. The summed E-state index contributed by atoms with van der Waals surface area (Å²) in [5, 5.41) is 3.81. The van der Waals surface area contributed by atoms with Crippen LogP contribution in [0.4, 0.5) is 0 Å². The second-order valence-corrected chi connectivity index (χ2v) is 4.35. The number of benzene rings is 1. The predicted octanol–water partition coefficient (Wildman–Crippen LogP) is 1.77. The van der Waals surface area contributed by atoms with Crippen molar-refractivity contribution < 1.29 is 9.53 Å². The highest BCUT2D eigenvalue weighted by Gasteiger charge is 2.22. The summed E-state index contributed by atoms with van der Waals surface area (Å²) in [7, 11) is 1.65. The molecule has 0 spiro atoms. The van der Waals surface area contributed by atoms with E-state index >= 15 is 0 Å². The van der Waals surface area contributed by atoms with E-state index in [4.69, 9.17) is 4.74 Å². The zero-order valence-electron chi connectivity index (χ0n) is 9.89. The molecule has 0 saturated carbocycles. The van der Waals surface area contributed by atoms with Crippen molar-refractivity contribution in [1.29, 1.82) is 0 Å². The molecule has 1 aromatic heterocycles. The van der Waals surface area contributed by atoms with Gasteiger partial charge in [-0.1, -0.05) is 0 Å². The van der Waals surface area contributed by atoms with Crippen LogP contribution in [0.15, 0.2) is 12.1 Å². The molecular formula is C13H14N2O2. The molecular weight excluding hydrogens is 216 g/mol. The van der Waals surface area contributed by atoms with Crippen LogP contribution in [0.2, 0.25) is 0 Å². The summed E-state index contributed by atoms with van der Waals surface area (Å²) in [4.78, 5) is 15.2. The van der Waals surface area contributed by atoms with Crippen LogP contribution >= 0.6 is 0 Å².